The molecule has 2 aliphatic rings. The van der Waals surface area contributed by atoms with Crippen molar-refractivity contribution in [2.45, 2.75) is 38.3 Å². The number of amides is 2. The fraction of sp³-hybridized carbons (Fsp3) is 0.269. The lowest BCUT2D eigenvalue weighted by molar-refractivity contribution is 0.195. The maximum atomic E-state index is 13.8. The number of aryl methyl sites for hydroxylation is 1. The Morgan fingerprint density at radius 1 is 1.09 bits per heavy atom. The molecule has 0 saturated carbocycles. The van der Waals surface area contributed by atoms with Gasteiger partial charge < -0.3 is 19.5 Å². The van der Waals surface area contributed by atoms with E-state index < -0.39 is 0 Å². The van der Waals surface area contributed by atoms with Gasteiger partial charge in [-0.1, -0.05) is 12.1 Å². The predicted molar refractivity (Wildman–Crippen MR) is 134 cm³/mol. The van der Waals surface area contributed by atoms with Gasteiger partial charge in [0.05, 0.1) is 19.3 Å². The van der Waals surface area contributed by atoms with Crippen molar-refractivity contribution in [1.29, 1.82) is 0 Å². The number of aromatic nitrogens is 1. The average Bonchev–Trinajstić information content (AvgIpc) is 3.58. The van der Waals surface area contributed by atoms with E-state index in [0.717, 1.165) is 30.0 Å². The highest BCUT2D eigenvalue weighted by Crippen LogP contribution is 2.44. The number of thiophene rings is 2. The molecule has 33 heavy (non-hydrogen) atoms. The summed E-state index contributed by atoms with van der Waals surface area (Å²) < 4.78 is 7.67. The quantitative estimate of drug-likeness (QED) is 0.362. The first-order valence-electron chi connectivity index (χ1n) is 11.3. The third-order valence-electron chi connectivity index (χ3n) is 6.57. The van der Waals surface area contributed by atoms with E-state index in [1.54, 1.807) is 18.4 Å². The number of ether oxygens (including phenoxy) is 1. The lowest BCUT2D eigenvalue weighted by Gasteiger charge is -2.30. The van der Waals surface area contributed by atoms with E-state index in [2.05, 4.69) is 45.7 Å². The zero-order valence-corrected chi connectivity index (χ0v) is 20.0. The van der Waals surface area contributed by atoms with Gasteiger partial charge in [0.25, 0.3) is 0 Å². The summed E-state index contributed by atoms with van der Waals surface area (Å²) in [6.45, 7) is 0.598. The van der Waals surface area contributed by atoms with E-state index >= 15 is 0 Å². The molecule has 0 fully saturated rings. The van der Waals surface area contributed by atoms with Crippen molar-refractivity contribution >= 4 is 34.4 Å². The van der Waals surface area contributed by atoms with Crippen LogP contribution >= 0.6 is 22.7 Å². The first-order chi connectivity index (χ1) is 16.2. The third-order valence-corrected chi connectivity index (χ3v) is 8.83. The molecule has 1 unspecified atom stereocenters. The van der Waals surface area contributed by atoms with Crippen LogP contribution in [0.3, 0.4) is 0 Å². The minimum absolute atomic E-state index is 0.0991. The molecule has 0 saturated heterocycles. The molecule has 0 radical (unpaired) electrons. The number of rotatable bonds is 3. The number of hydrogen-bond donors (Lipinski definition) is 1. The Kier molecular flexibility index (Phi) is 5.23. The Balaban J connectivity index is 1.47. The van der Waals surface area contributed by atoms with E-state index in [1.807, 2.05) is 40.5 Å². The lowest BCUT2D eigenvalue weighted by atomic mass is 9.95. The molecule has 0 spiro atoms. The number of urea groups is 1. The summed E-state index contributed by atoms with van der Waals surface area (Å²) in [6, 6.07) is 15.7. The van der Waals surface area contributed by atoms with Gasteiger partial charge >= 0.3 is 6.03 Å². The molecule has 1 aliphatic heterocycles. The fourth-order valence-corrected chi connectivity index (χ4v) is 7.28. The highest BCUT2D eigenvalue weighted by atomic mass is 32.1. The van der Waals surface area contributed by atoms with E-state index in [9.17, 15) is 4.79 Å². The largest absolute Gasteiger partial charge is 0.497 e. The molecule has 3 aromatic heterocycles. The number of nitrogens with zero attached hydrogens (tertiary/aromatic N) is 2. The fourth-order valence-electron chi connectivity index (χ4n) is 5.03. The summed E-state index contributed by atoms with van der Waals surface area (Å²) in [5.74, 6) is 0.724. The van der Waals surface area contributed by atoms with Crippen LogP contribution in [0.5, 0.6) is 5.75 Å². The zero-order valence-electron chi connectivity index (χ0n) is 18.4. The van der Waals surface area contributed by atoms with Crippen LogP contribution in [0.4, 0.5) is 10.5 Å². The smallest absolute Gasteiger partial charge is 0.323 e. The molecule has 4 heterocycles. The predicted octanol–water partition coefficient (Wildman–Crippen LogP) is 6.62. The molecule has 0 bridgehead atoms. The van der Waals surface area contributed by atoms with Gasteiger partial charge in [-0.3, -0.25) is 0 Å². The Bertz CT molecular complexity index is 1310. The molecule has 168 valence electrons. The molecule has 5 nitrogen and oxygen atoms in total. The topological polar surface area (TPSA) is 46.5 Å². The van der Waals surface area contributed by atoms with Gasteiger partial charge in [-0.2, -0.15) is 0 Å². The number of carbonyl (C=O) groups is 1. The van der Waals surface area contributed by atoms with Crippen molar-refractivity contribution in [2.24, 2.45) is 0 Å². The van der Waals surface area contributed by atoms with Gasteiger partial charge in [-0.15, -0.1) is 22.7 Å². The van der Waals surface area contributed by atoms with Crippen LogP contribution in [0.15, 0.2) is 60.1 Å². The van der Waals surface area contributed by atoms with Crippen molar-refractivity contribution in [3.05, 3.63) is 86.7 Å². The molecular formula is C26H25N3O2S2. The van der Waals surface area contributed by atoms with E-state index in [1.165, 1.54) is 38.7 Å². The van der Waals surface area contributed by atoms with Gasteiger partial charge in [0, 0.05) is 33.3 Å². The van der Waals surface area contributed by atoms with Gasteiger partial charge in [-0.05, 0) is 67.0 Å². The number of benzene rings is 1. The second kappa shape index (κ2) is 8.39. The molecule has 1 aliphatic carbocycles. The van der Waals surface area contributed by atoms with Gasteiger partial charge in [0.2, 0.25) is 0 Å². The first kappa shape index (κ1) is 20.6. The maximum absolute atomic E-state index is 13.8. The number of methoxy groups -OCH3 is 1. The summed E-state index contributed by atoms with van der Waals surface area (Å²) in [5.41, 5.74) is 4.64. The van der Waals surface area contributed by atoms with Crippen molar-refractivity contribution < 1.29 is 9.53 Å². The number of fused-ring (bicyclic) bond motifs is 5. The maximum Gasteiger partial charge on any atom is 0.323 e. The van der Waals surface area contributed by atoms with Gasteiger partial charge in [0.1, 0.15) is 16.8 Å². The third kappa shape index (κ3) is 3.56. The normalized spacial score (nSPS) is 17.0. The molecule has 7 heteroatoms. The second-order valence-corrected chi connectivity index (χ2v) is 10.6. The average molecular weight is 476 g/mol. The molecule has 1 aromatic carbocycles. The number of nitrogens with one attached hydrogen (secondary N) is 1. The van der Waals surface area contributed by atoms with Crippen LogP contribution in [0.2, 0.25) is 0 Å². The molecule has 1 atom stereocenters. The molecule has 4 aromatic rings. The summed E-state index contributed by atoms with van der Waals surface area (Å²) in [4.78, 5) is 18.5. The second-order valence-electron chi connectivity index (χ2n) is 8.51. The Morgan fingerprint density at radius 2 is 2.00 bits per heavy atom. The van der Waals surface area contributed by atoms with Crippen LogP contribution in [0.1, 0.15) is 45.5 Å². The molecular weight excluding hydrogens is 450 g/mol. The Labute approximate surface area is 201 Å². The number of anilines is 1. The standard InChI is InChI=1S/C26H25N3O2S2/c1-31-18-8-4-7-17(15-18)27-26(30)29-16-20-19-9-2-3-11-22(19)33-25(20)28-13-5-10-21(28)24(29)23-12-6-14-32-23/h4-8,10,12-15,24H,2-3,9,11,16H2,1H3,(H,27,30). The molecule has 6 rings (SSSR count). The van der Waals surface area contributed by atoms with Crippen molar-refractivity contribution in [1.82, 2.24) is 9.47 Å². The number of carbonyl (C=O) groups excluding carboxylic acids is 1. The van der Waals surface area contributed by atoms with Crippen LogP contribution in [0, 0.1) is 0 Å². The lowest BCUT2D eigenvalue weighted by Crippen LogP contribution is -2.37. The van der Waals surface area contributed by atoms with E-state index in [4.69, 9.17) is 4.74 Å². The SMILES string of the molecule is COc1cccc(NC(=O)N2Cc3c(sc4c3CCCC4)-n3cccc3C2c2cccs2)c1. The highest BCUT2D eigenvalue weighted by Gasteiger charge is 2.36. The Hall–Kier alpha value is -3.03. The minimum atomic E-state index is -0.149. The van der Waals surface area contributed by atoms with Gasteiger partial charge in [-0.25, -0.2) is 4.79 Å². The monoisotopic (exact) mass is 475 g/mol. The summed E-state index contributed by atoms with van der Waals surface area (Å²) in [5, 5.41) is 6.50. The zero-order chi connectivity index (χ0) is 22.4. The first-order valence-corrected chi connectivity index (χ1v) is 13.0. The van der Waals surface area contributed by atoms with Gasteiger partial charge in [0.15, 0.2) is 0 Å². The molecule has 1 N–H and O–H groups in total. The van der Waals surface area contributed by atoms with Crippen molar-refractivity contribution in [3.8, 4) is 10.8 Å². The Morgan fingerprint density at radius 3 is 2.85 bits per heavy atom. The summed E-state index contributed by atoms with van der Waals surface area (Å²) in [6.07, 6.45) is 6.88. The van der Waals surface area contributed by atoms with Crippen LogP contribution in [0.25, 0.3) is 5.00 Å². The van der Waals surface area contributed by atoms with Crippen LogP contribution < -0.4 is 10.1 Å². The molecule has 2 amide bonds. The van der Waals surface area contributed by atoms with Crippen molar-refractivity contribution in [2.75, 3.05) is 12.4 Å². The van der Waals surface area contributed by atoms with Crippen molar-refractivity contribution in [3.63, 3.8) is 0 Å². The van der Waals surface area contributed by atoms with Crippen LogP contribution in [-0.2, 0) is 19.4 Å². The summed E-state index contributed by atoms with van der Waals surface area (Å²) in [7, 11) is 1.64. The van der Waals surface area contributed by atoms with E-state index in [-0.39, 0.29) is 12.1 Å². The highest BCUT2D eigenvalue weighted by molar-refractivity contribution is 7.15. The van der Waals surface area contributed by atoms with E-state index in [0.29, 0.717) is 6.54 Å². The summed E-state index contributed by atoms with van der Waals surface area (Å²) >= 11 is 3.61. The minimum Gasteiger partial charge on any atom is -0.497 e. The number of hydrogen-bond acceptors (Lipinski definition) is 4. The van der Waals surface area contributed by atoms with Crippen LogP contribution in [-0.4, -0.2) is 22.6 Å².